The quantitative estimate of drug-likeness (QED) is 0.110. The zero-order chi connectivity index (χ0) is 27.7. The third-order valence-electron chi connectivity index (χ3n) is 6.57. The van der Waals surface area contributed by atoms with E-state index in [0.717, 1.165) is 48.3 Å². The van der Waals surface area contributed by atoms with Crippen molar-refractivity contribution in [1.82, 2.24) is 4.98 Å². The minimum absolute atomic E-state index is 0.0958. The molecule has 0 aliphatic carbocycles. The number of nitrogens with zero attached hydrogens (tertiary/aromatic N) is 2. The van der Waals surface area contributed by atoms with Gasteiger partial charge in [-0.2, -0.15) is 0 Å². The zero-order valence-corrected chi connectivity index (χ0v) is 22.2. The highest BCUT2D eigenvalue weighted by molar-refractivity contribution is 7.22. The van der Waals surface area contributed by atoms with E-state index in [0.29, 0.717) is 28.2 Å². The number of benzene rings is 3. The monoisotopic (exact) mass is 548 g/mol. The van der Waals surface area contributed by atoms with E-state index in [2.05, 4.69) is 11.9 Å². The first-order valence-corrected chi connectivity index (χ1v) is 13.5. The Kier molecular flexibility index (Phi) is 7.43. The number of unbranched alkanes of at least 4 members (excludes halogenated alkanes) is 2. The van der Waals surface area contributed by atoms with Gasteiger partial charge >= 0.3 is 5.91 Å². The first kappa shape index (κ1) is 26.5. The van der Waals surface area contributed by atoms with Crippen LogP contribution in [0.3, 0.4) is 0 Å². The van der Waals surface area contributed by atoms with E-state index in [-0.39, 0.29) is 22.0 Å². The summed E-state index contributed by atoms with van der Waals surface area (Å²) in [5, 5.41) is 11.4. The Labute approximate surface area is 228 Å². The summed E-state index contributed by atoms with van der Waals surface area (Å²) in [4.78, 5) is 32.3. The number of hydrogen-bond donors (Lipinski definition) is 1. The Hall–Kier alpha value is -4.11. The van der Waals surface area contributed by atoms with Crippen LogP contribution in [0.15, 0.2) is 66.2 Å². The number of fused-ring (bicyclic) bond motifs is 1. The maximum Gasteiger partial charge on any atom is 0.301 e. The van der Waals surface area contributed by atoms with Crippen molar-refractivity contribution in [2.24, 2.45) is 0 Å². The Morgan fingerprint density at radius 2 is 1.79 bits per heavy atom. The summed E-state index contributed by atoms with van der Waals surface area (Å²) in [7, 11) is 0. The van der Waals surface area contributed by atoms with Gasteiger partial charge in [-0.25, -0.2) is 13.8 Å². The van der Waals surface area contributed by atoms with Gasteiger partial charge in [0.1, 0.15) is 11.5 Å². The molecule has 1 saturated heterocycles. The molecule has 1 unspecified atom stereocenters. The first-order valence-electron chi connectivity index (χ1n) is 12.6. The van der Waals surface area contributed by atoms with Crippen LogP contribution < -0.4 is 9.64 Å². The Morgan fingerprint density at radius 3 is 2.51 bits per heavy atom. The molecule has 0 saturated carbocycles. The molecule has 0 bridgehead atoms. The van der Waals surface area contributed by atoms with E-state index in [1.165, 1.54) is 4.90 Å². The van der Waals surface area contributed by atoms with Crippen molar-refractivity contribution >= 4 is 44.1 Å². The van der Waals surface area contributed by atoms with E-state index in [4.69, 9.17) is 4.74 Å². The molecule has 1 aliphatic rings. The van der Waals surface area contributed by atoms with Crippen LogP contribution in [-0.2, 0) is 9.59 Å². The van der Waals surface area contributed by atoms with E-state index >= 15 is 0 Å². The molecule has 39 heavy (non-hydrogen) atoms. The highest BCUT2D eigenvalue weighted by atomic mass is 32.1. The van der Waals surface area contributed by atoms with E-state index in [1.54, 1.807) is 36.4 Å². The van der Waals surface area contributed by atoms with Crippen LogP contribution in [0.2, 0.25) is 0 Å². The fourth-order valence-electron chi connectivity index (χ4n) is 4.61. The number of rotatable bonds is 8. The van der Waals surface area contributed by atoms with Crippen molar-refractivity contribution in [2.75, 3.05) is 11.5 Å². The molecule has 5 rings (SSSR count). The summed E-state index contributed by atoms with van der Waals surface area (Å²) in [6.07, 6.45) is 3.08. The van der Waals surface area contributed by atoms with Crippen molar-refractivity contribution in [1.29, 1.82) is 0 Å². The second-order valence-electron chi connectivity index (χ2n) is 9.39. The molecule has 1 fully saturated rings. The molecule has 3 aromatic carbocycles. The lowest BCUT2D eigenvalue weighted by atomic mass is 9.94. The lowest BCUT2D eigenvalue weighted by molar-refractivity contribution is -0.132. The van der Waals surface area contributed by atoms with Crippen LogP contribution in [-0.4, -0.2) is 28.4 Å². The minimum atomic E-state index is -1.06. The van der Waals surface area contributed by atoms with Gasteiger partial charge in [-0.05, 0) is 49.2 Å². The molecule has 0 spiro atoms. The van der Waals surface area contributed by atoms with E-state index < -0.39 is 29.4 Å². The highest BCUT2D eigenvalue weighted by Crippen LogP contribution is 2.44. The Morgan fingerprint density at radius 1 is 1.05 bits per heavy atom. The van der Waals surface area contributed by atoms with Crippen LogP contribution in [0, 0.1) is 18.6 Å². The highest BCUT2D eigenvalue weighted by Gasteiger charge is 2.48. The van der Waals surface area contributed by atoms with Gasteiger partial charge in [0.15, 0.2) is 16.8 Å². The number of hydrogen-bond acceptors (Lipinski definition) is 6. The summed E-state index contributed by atoms with van der Waals surface area (Å²) < 4.78 is 33.8. The molecule has 1 N–H and O–H groups in total. The molecule has 0 radical (unpaired) electrons. The lowest BCUT2D eigenvalue weighted by Gasteiger charge is -2.23. The molecule has 200 valence electrons. The molecule has 9 heteroatoms. The van der Waals surface area contributed by atoms with Crippen molar-refractivity contribution in [3.8, 4) is 5.75 Å². The standard InChI is InChI=1S/C30H26F2N2O4S/c1-3-4-5-13-38-20-11-9-18(10-12-20)27(35)25-26(19-8-6-7-17(2)14-19)34(29(37)28(25)36)30-33-23-15-21(31)22(32)16-24(23)39-30/h6-12,14-16,26,35H,3-5,13H2,1-2H3/b27-25+. The van der Waals surface area contributed by atoms with Gasteiger partial charge in [-0.1, -0.05) is 60.9 Å². The fourth-order valence-corrected chi connectivity index (χ4v) is 5.61. The molecular weight excluding hydrogens is 522 g/mol. The fraction of sp³-hybridized carbons (Fsp3) is 0.233. The van der Waals surface area contributed by atoms with Crippen LogP contribution in [0.1, 0.15) is 48.9 Å². The number of aromatic nitrogens is 1. The van der Waals surface area contributed by atoms with E-state index in [9.17, 15) is 23.5 Å². The van der Waals surface area contributed by atoms with Gasteiger partial charge < -0.3 is 9.84 Å². The third-order valence-corrected chi connectivity index (χ3v) is 7.59. The van der Waals surface area contributed by atoms with Crippen LogP contribution in [0.25, 0.3) is 16.0 Å². The normalized spacial score (nSPS) is 16.8. The number of ether oxygens (including phenoxy) is 1. The number of ketones is 1. The maximum absolute atomic E-state index is 13.9. The molecule has 1 aliphatic heterocycles. The maximum atomic E-state index is 13.9. The van der Waals surface area contributed by atoms with Gasteiger partial charge in [0.05, 0.1) is 28.4 Å². The number of carbonyl (C=O) groups excluding carboxylic acids is 2. The van der Waals surface area contributed by atoms with Crippen molar-refractivity contribution in [2.45, 2.75) is 39.2 Å². The third kappa shape index (κ3) is 5.14. The Bertz CT molecular complexity index is 1560. The van der Waals surface area contributed by atoms with Crippen LogP contribution in [0.5, 0.6) is 5.75 Å². The predicted molar refractivity (Wildman–Crippen MR) is 147 cm³/mol. The number of aliphatic hydroxyl groups excluding tert-OH is 1. The number of amides is 1. The summed E-state index contributed by atoms with van der Waals surface area (Å²) in [6.45, 7) is 4.56. The number of Topliss-reactive ketones (excluding diaryl/α,β-unsaturated/α-hetero) is 1. The Balaban J connectivity index is 1.59. The van der Waals surface area contributed by atoms with E-state index in [1.807, 2.05) is 19.1 Å². The molecule has 1 aromatic heterocycles. The smallest absolute Gasteiger partial charge is 0.301 e. The molecule has 1 amide bonds. The minimum Gasteiger partial charge on any atom is -0.507 e. The number of halogens is 2. The van der Waals surface area contributed by atoms with Crippen LogP contribution in [0.4, 0.5) is 13.9 Å². The van der Waals surface area contributed by atoms with Gasteiger partial charge in [-0.15, -0.1) is 0 Å². The second kappa shape index (κ2) is 10.9. The number of thiazole rings is 1. The SMILES string of the molecule is CCCCCOc1ccc(/C(O)=C2\C(=O)C(=O)N(c3nc4cc(F)c(F)cc4s3)C2c2cccc(C)c2)cc1. The van der Waals surface area contributed by atoms with Gasteiger partial charge in [-0.3, -0.25) is 14.5 Å². The van der Waals surface area contributed by atoms with Crippen molar-refractivity contribution < 1.29 is 28.2 Å². The van der Waals surface area contributed by atoms with Crippen LogP contribution >= 0.6 is 11.3 Å². The largest absolute Gasteiger partial charge is 0.507 e. The van der Waals surface area contributed by atoms with Gasteiger partial charge in [0, 0.05) is 11.6 Å². The predicted octanol–water partition coefficient (Wildman–Crippen LogP) is 7.08. The van der Waals surface area contributed by atoms with Crippen molar-refractivity contribution in [3.63, 3.8) is 0 Å². The molecule has 1 atom stereocenters. The number of carbonyl (C=O) groups is 2. The molecule has 2 heterocycles. The molecule has 4 aromatic rings. The van der Waals surface area contributed by atoms with Crippen molar-refractivity contribution in [3.05, 3.63) is 94.6 Å². The average Bonchev–Trinajstić information content (AvgIpc) is 3.44. The van der Waals surface area contributed by atoms with Gasteiger partial charge in [0.25, 0.3) is 5.78 Å². The molecule has 6 nitrogen and oxygen atoms in total. The average molecular weight is 549 g/mol. The summed E-state index contributed by atoms with van der Waals surface area (Å²) in [6, 6.07) is 14.9. The number of aliphatic hydroxyl groups is 1. The van der Waals surface area contributed by atoms with Gasteiger partial charge in [0.2, 0.25) is 0 Å². The number of anilines is 1. The summed E-state index contributed by atoms with van der Waals surface area (Å²) >= 11 is 0.963. The second-order valence-corrected chi connectivity index (χ2v) is 10.4. The topological polar surface area (TPSA) is 79.7 Å². The lowest BCUT2D eigenvalue weighted by Crippen LogP contribution is -2.29. The first-order chi connectivity index (χ1) is 18.8. The summed E-state index contributed by atoms with van der Waals surface area (Å²) in [5.74, 6) is -3.57. The number of aryl methyl sites for hydroxylation is 1. The molecular formula is C30H26F2N2O4S. The zero-order valence-electron chi connectivity index (χ0n) is 21.4. The summed E-state index contributed by atoms with van der Waals surface area (Å²) in [5.41, 5.74) is 1.88.